The van der Waals surface area contributed by atoms with Gasteiger partial charge in [-0.15, -0.1) is 0 Å². The Kier molecular flexibility index (Phi) is 2.83. The van der Waals surface area contributed by atoms with Gasteiger partial charge in [0.1, 0.15) is 6.61 Å². The molecule has 0 aromatic carbocycles. The Balaban J connectivity index is 2.67. The zero-order valence-corrected chi connectivity index (χ0v) is 6.30. The molecule has 56 valence electrons. The molecule has 0 aromatic rings. The van der Waals surface area contributed by atoms with Crippen LogP contribution < -0.4 is 0 Å². The lowest BCUT2D eigenvalue weighted by Gasteiger charge is -1.89. The maximum absolute atomic E-state index is 10.3. The minimum absolute atomic E-state index is 0.361. The predicted molar refractivity (Wildman–Crippen MR) is 37.5 cm³/mol. The molecule has 0 aromatic heterocycles. The van der Waals surface area contributed by atoms with Crippen molar-refractivity contribution in [3.05, 3.63) is 0 Å². The van der Waals surface area contributed by atoms with Gasteiger partial charge in [0.25, 0.3) is 5.17 Å². The molecule has 1 aliphatic rings. The Morgan fingerprint density at radius 3 is 3.20 bits per heavy atom. The number of nitrogens with zero attached hydrogens (tertiary/aromatic N) is 1. The normalized spacial score (nSPS) is 20.5. The highest BCUT2D eigenvalue weighted by molar-refractivity contribution is 6.64. The number of carbonyl (C=O) groups excluding carboxylic acids is 1. The average molecular weight is 163 g/mol. The van der Waals surface area contributed by atoms with Crippen molar-refractivity contribution < 1.29 is 14.1 Å². The van der Waals surface area contributed by atoms with Gasteiger partial charge in [0, 0.05) is 6.42 Å². The van der Waals surface area contributed by atoms with Gasteiger partial charge in [-0.25, -0.2) is 4.79 Å². The molecule has 0 saturated heterocycles. The molecule has 1 aliphatic heterocycles. The zero-order valence-electron chi connectivity index (χ0n) is 5.55. The van der Waals surface area contributed by atoms with Crippen LogP contribution in [0.1, 0.15) is 6.42 Å². The van der Waals surface area contributed by atoms with Gasteiger partial charge in [-0.1, -0.05) is 0 Å². The van der Waals surface area contributed by atoms with E-state index < -0.39 is 0 Å². The van der Waals surface area contributed by atoms with E-state index in [9.17, 15) is 4.79 Å². The second-order valence-electron chi connectivity index (χ2n) is 2.08. The van der Waals surface area contributed by atoms with Crippen molar-refractivity contribution in [2.75, 3.05) is 19.8 Å². The summed E-state index contributed by atoms with van der Waals surface area (Å²) < 4.78 is 6.54. The summed E-state index contributed by atoms with van der Waals surface area (Å²) in [6.07, 6.45) is 1.59. The lowest BCUT2D eigenvalue weighted by molar-refractivity contribution is -0.430. The molecule has 0 aliphatic carbocycles. The van der Waals surface area contributed by atoms with E-state index in [4.69, 9.17) is 16.3 Å². The Labute approximate surface area is 64.2 Å². The van der Waals surface area contributed by atoms with Crippen molar-refractivity contribution in [1.29, 1.82) is 0 Å². The van der Waals surface area contributed by atoms with Crippen molar-refractivity contribution in [2.45, 2.75) is 6.42 Å². The fraction of sp³-hybridized carbons (Fsp3) is 0.667. The van der Waals surface area contributed by atoms with Crippen LogP contribution in [0, 0.1) is 0 Å². The number of halogens is 1. The third-order valence-corrected chi connectivity index (χ3v) is 1.67. The molecular formula is C6H9ClNO2+. The minimum atomic E-state index is 0.361. The second-order valence-corrected chi connectivity index (χ2v) is 2.52. The zero-order chi connectivity index (χ0) is 7.40. The summed E-state index contributed by atoms with van der Waals surface area (Å²) >= 11 is 5.67. The molecular weight excluding hydrogens is 154 g/mol. The lowest BCUT2D eigenvalue weighted by Crippen LogP contribution is -2.17. The van der Waals surface area contributed by atoms with Gasteiger partial charge in [-0.2, -0.15) is 4.58 Å². The fourth-order valence-electron chi connectivity index (χ4n) is 0.807. The number of carbonyl (C=O) groups is 1. The topological polar surface area (TPSA) is 29.3 Å². The smallest absolute Gasteiger partial charge is 0.369 e. The van der Waals surface area contributed by atoms with Crippen molar-refractivity contribution in [2.24, 2.45) is 0 Å². The molecule has 1 rings (SSSR count). The first-order chi connectivity index (χ1) is 4.84. The van der Waals surface area contributed by atoms with Crippen LogP contribution in [-0.4, -0.2) is 35.9 Å². The van der Waals surface area contributed by atoms with Crippen LogP contribution in [0.4, 0.5) is 0 Å². The van der Waals surface area contributed by atoms with Crippen LogP contribution in [-0.2, 0) is 9.53 Å². The lowest BCUT2D eigenvalue weighted by atomic mass is 10.4. The molecule has 0 spiro atoms. The summed E-state index contributed by atoms with van der Waals surface area (Å²) in [5, 5.41) is 0.479. The summed E-state index contributed by atoms with van der Waals surface area (Å²) in [4.78, 5) is 10.3. The van der Waals surface area contributed by atoms with Gasteiger partial charge in [0.15, 0.2) is 6.54 Å². The molecule has 0 saturated carbocycles. The molecule has 0 fully saturated rings. The fourth-order valence-corrected chi connectivity index (χ4v) is 1.01. The van der Waals surface area contributed by atoms with E-state index in [1.807, 2.05) is 0 Å². The largest absolute Gasteiger partial charge is 0.376 e. The number of hydrogen-bond donors (Lipinski definition) is 0. The highest BCUT2D eigenvalue weighted by Gasteiger charge is 2.14. The van der Waals surface area contributed by atoms with E-state index in [0.717, 1.165) is 12.8 Å². The predicted octanol–water partition coefficient (Wildman–Crippen LogP) is 0.213. The molecule has 1 amide bonds. The van der Waals surface area contributed by atoms with Crippen LogP contribution in [0.25, 0.3) is 0 Å². The number of hydrogen-bond acceptors (Lipinski definition) is 2. The Morgan fingerprint density at radius 2 is 2.50 bits per heavy atom. The number of ether oxygens (including phenoxy) is 1. The van der Waals surface area contributed by atoms with Crippen LogP contribution in [0.5, 0.6) is 0 Å². The van der Waals surface area contributed by atoms with E-state index >= 15 is 0 Å². The molecule has 0 N–H and O–H groups in total. The van der Waals surface area contributed by atoms with Gasteiger partial charge in [0.2, 0.25) is 0 Å². The van der Waals surface area contributed by atoms with Crippen molar-refractivity contribution in [1.82, 2.24) is 0 Å². The van der Waals surface area contributed by atoms with Crippen LogP contribution in [0.2, 0.25) is 0 Å². The Morgan fingerprint density at radius 1 is 1.70 bits per heavy atom. The Hall–Kier alpha value is -0.410. The summed E-state index contributed by atoms with van der Waals surface area (Å²) in [7, 11) is 0. The van der Waals surface area contributed by atoms with Gasteiger partial charge < -0.3 is 4.74 Å². The first-order valence-corrected chi connectivity index (χ1v) is 3.53. The Bertz CT molecular complexity index is 167. The van der Waals surface area contributed by atoms with Gasteiger partial charge in [0.05, 0.1) is 6.61 Å². The molecule has 0 atom stereocenters. The van der Waals surface area contributed by atoms with E-state index in [1.165, 1.54) is 4.58 Å². The highest BCUT2D eigenvalue weighted by atomic mass is 35.5. The van der Waals surface area contributed by atoms with Crippen LogP contribution >= 0.6 is 11.6 Å². The summed E-state index contributed by atoms with van der Waals surface area (Å²) in [5.74, 6) is 0. The van der Waals surface area contributed by atoms with E-state index in [2.05, 4.69) is 0 Å². The first-order valence-electron chi connectivity index (χ1n) is 3.15. The van der Waals surface area contributed by atoms with Crippen LogP contribution in [0.3, 0.4) is 0 Å². The van der Waals surface area contributed by atoms with Gasteiger partial charge in [-0.3, -0.25) is 0 Å². The maximum Gasteiger partial charge on any atom is 0.376 e. The van der Waals surface area contributed by atoms with Gasteiger partial charge >= 0.3 is 6.41 Å². The third-order valence-electron chi connectivity index (χ3n) is 1.35. The SMILES string of the molecule is O=C[N+]1=C(Cl)COCCC1. The molecule has 3 nitrogen and oxygen atoms in total. The third kappa shape index (κ3) is 1.78. The maximum atomic E-state index is 10.3. The molecule has 4 heteroatoms. The molecule has 0 unspecified atom stereocenters. The molecule has 10 heavy (non-hydrogen) atoms. The van der Waals surface area contributed by atoms with Gasteiger partial charge in [-0.05, 0) is 11.6 Å². The molecule has 1 heterocycles. The second kappa shape index (κ2) is 3.68. The summed E-state index contributed by atoms with van der Waals surface area (Å²) in [5.41, 5.74) is 0. The summed E-state index contributed by atoms with van der Waals surface area (Å²) in [6, 6.07) is 0. The quantitative estimate of drug-likeness (QED) is 0.408. The monoisotopic (exact) mass is 162 g/mol. The number of rotatable bonds is 1. The van der Waals surface area contributed by atoms with Crippen molar-refractivity contribution in [3.8, 4) is 0 Å². The minimum Gasteiger partial charge on any atom is -0.369 e. The van der Waals surface area contributed by atoms with Crippen molar-refractivity contribution in [3.63, 3.8) is 0 Å². The van der Waals surface area contributed by atoms with E-state index in [1.54, 1.807) is 0 Å². The van der Waals surface area contributed by atoms with Crippen LogP contribution in [0.15, 0.2) is 0 Å². The summed E-state index contributed by atoms with van der Waals surface area (Å²) in [6.45, 7) is 1.71. The van der Waals surface area contributed by atoms with Crippen molar-refractivity contribution >= 4 is 23.2 Å². The standard InChI is InChI=1S/C6H9ClNO2/c7-6-4-10-3-1-2-8(6)5-9/h5H,1-4H2/q+1. The molecule has 0 bridgehead atoms. The number of amides is 1. The van der Waals surface area contributed by atoms with E-state index in [-0.39, 0.29) is 0 Å². The average Bonchev–Trinajstić information content (AvgIpc) is 2.13. The van der Waals surface area contributed by atoms with E-state index in [0.29, 0.717) is 24.9 Å². The molecule has 0 radical (unpaired) electrons. The first kappa shape index (κ1) is 7.69. The highest BCUT2D eigenvalue weighted by Crippen LogP contribution is 1.95.